The second-order valence-corrected chi connectivity index (χ2v) is 7.20. The van der Waals surface area contributed by atoms with Gasteiger partial charge in [0.2, 0.25) is 0 Å². The summed E-state index contributed by atoms with van der Waals surface area (Å²) in [5.41, 5.74) is 3.09. The number of hydrogen-bond donors (Lipinski definition) is 1. The monoisotopic (exact) mass is 349 g/mol. The molecule has 1 N–H and O–H groups in total. The lowest BCUT2D eigenvalue weighted by Crippen LogP contribution is -2.40. The normalized spacial score (nSPS) is 19.1. The summed E-state index contributed by atoms with van der Waals surface area (Å²) in [6, 6.07) is 7.81. The number of anilines is 1. The van der Waals surface area contributed by atoms with Crippen LogP contribution < -0.4 is 10.2 Å². The van der Waals surface area contributed by atoms with Crippen LogP contribution in [-0.2, 0) is 13.0 Å². The Bertz CT molecular complexity index is 873. The third kappa shape index (κ3) is 3.17. The number of imidazole rings is 1. The number of nitriles is 1. The highest BCUT2D eigenvalue weighted by atomic mass is 16.1. The van der Waals surface area contributed by atoms with Crippen molar-refractivity contribution in [2.45, 2.75) is 45.2 Å². The smallest absolute Gasteiger partial charge is 0.251 e. The second kappa shape index (κ2) is 6.83. The summed E-state index contributed by atoms with van der Waals surface area (Å²) in [7, 11) is 0. The molecule has 1 aromatic carbocycles. The van der Waals surface area contributed by atoms with Gasteiger partial charge in [-0.05, 0) is 44.4 Å². The SMILES string of the molecule is Cc1cn2c(n1)CC[C@@H](NC(=O)c1ccc(N3CCCC3)c(C#N)c1)C2. The van der Waals surface area contributed by atoms with Gasteiger partial charge < -0.3 is 14.8 Å². The predicted octanol–water partition coefficient (Wildman–Crippen LogP) is 2.41. The highest BCUT2D eigenvalue weighted by Crippen LogP contribution is 2.25. The molecule has 0 aliphatic carbocycles. The van der Waals surface area contributed by atoms with Gasteiger partial charge in [-0.3, -0.25) is 4.79 Å². The van der Waals surface area contributed by atoms with Crippen LogP contribution in [0.4, 0.5) is 5.69 Å². The average molecular weight is 349 g/mol. The quantitative estimate of drug-likeness (QED) is 0.923. The van der Waals surface area contributed by atoms with E-state index in [-0.39, 0.29) is 11.9 Å². The van der Waals surface area contributed by atoms with Crippen LogP contribution in [0.15, 0.2) is 24.4 Å². The lowest BCUT2D eigenvalue weighted by molar-refractivity contribution is 0.0927. The van der Waals surface area contributed by atoms with E-state index < -0.39 is 0 Å². The largest absolute Gasteiger partial charge is 0.370 e. The number of amides is 1. The first-order valence-electron chi connectivity index (χ1n) is 9.26. The standard InChI is InChI=1S/C20H23N5O/c1-14-12-25-13-17(5-7-19(25)22-14)23-20(26)15-4-6-18(16(10-15)11-21)24-8-2-3-9-24/h4,6,10,12,17H,2-3,5,7-9,13H2,1H3,(H,23,26)/t17-/m1/s1. The van der Waals surface area contributed by atoms with Gasteiger partial charge in [0, 0.05) is 43.9 Å². The molecule has 6 nitrogen and oxygen atoms in total. The molecule has 1 fully saturated rings. The maximum Gasteiger partial charge on any atom is 0.251 e. The number of nitrogens with one attached hydrogen (secondary N) is 1. The maximum absolute atomic E-state index is 12.7. The van der Waals surface area contributed by atoms with Gasteiger partial charge in [0.15, 0.2) is 0 Å². The minimum Gasteiger partial charge on any atom is -0.370 e. The summed E-state index contributed by atoms with van der Waals surface area (Å²) in [4.78, 5) is 19.4. The van der Waals surface area contributed by atoms with Crippen LogP contribution in [0, 0.1) is 18.3 Å². The molecule has 0 spiro atoms. The minimum absolute atomic E-state index is 0.0902. The van der Waals surface area contributed by atoms with E-state index in [0.717, 1.165) is 62.5 Å². The Hall–Kier alpha value is -2.81. The zero-order valence-electron chi connectivity index (χ0n) is 15.0. The highest BCUT2D eigenvalue weighted by molar-refractivity contribution is 5.95. The van der Waals surface area contributed by atoms with Crippen LogP contribution in [0.25, 0.3) is 0 Å². The summed E-state index contributed by atoms with van der Waals surface area (Å²) in [5.74, 6) is 0.981. The van der Waals surface area contributed by atoms with Crippen LogP contribution in [0.3, 0.4) is 0 Å². The summed E-state index contributed by atoms with van der Waals surface area (Å²) in [6.45, 7) is 4.70. The number of aromatic nitrogens is 2. The van der Waals surface area contributed by atoms with Crippen molar-refractivity contribution in [2.75, 3.05) is 18.0 Å². The number of carbonyl (C=O) groups is 1. The molecule has 3 heterocycles. The molecule has 0 unspecified atom stereocenters. The number of carbonyl (C=O) groups excluding carboxylic acids is 1. The molecule has 2 aliphatic rings. The lowest BCUT2D eigenvalue weighted by atomic mass is 10.0. The summed E-state index contributed by atoms with van der Waals surface area (Å²) in [6.07, 6.45) is 6.11. The van der Waals surface area contributed by atoms with E-state index in [9.17, 15) is 10.1 Å². The van der Waals surface area contributed by atoms with E-state index in [4.69, 9.17) is 0 Å². The Morgan fingerprint density at radius 2 is 2.15 bits per heavy atom. The average Bonchev–Trinajstić information content (AvgIpc) is 3.29. The van der Waals surface area contributed by atoms with E-state index in [1.807, 2.05) is 25.3 Å². The Morgan fingerprint density at radius 3 is 2.92 bits per heavy atom. The minimum atomic E-state index is -0.111. The number of nitrogens with zero attached hydrogens (tertiary/aromatic N) is 4. The Balaban J connectivity index is 1.47. The molecule has 1 amide bonds. The van der Waals surface area contributed by atoms with Crippen molar-refractivity contribution in [1.29, 1.82) is 5.26 Å². The van der Waals surface area contributed by atoms with Gasteiger partial charge in [-0.25, -0.2) is 4.98 Å². The molecule has 1 atom stereocenters. The van der Waals surface area contributed by atoms with Gasteiger partial charge in [0.05, 0.1) is 16.9 Å². The van der Waals surface area contributed by atoms with Crippen LogP contribution in [-0.4, -0.2) is 34.6 Å². The van der Waals surface area contributed by atoms with Crippen molar-refractivity contribution in [1.82, 2.24) is 14.9 Å². The molecule has 4 rings (SSSR count). The van der Waals surface area contributed by atoms with Gasteiger partial charge in [0.1, 0.15) is 11.9 Å². The maximum atomic E-state index is 12.7. The van der Waals surface area contributed by atoms with Crippen LogP contribution in [0.2, 0.25) is 0 Å². The first-order chi connectivity index (χ1) is 12.6. The molecule has 2 aliphatic heterocycles. The molecule has 2 aromatic rings. The molecular formula is C20H23N5O. The van der Waals surface area contributed by atoms with E-state index in [1.54, 1.807) is 6.07 Å². The number of benzene rings is 1. The van der Waals surface area contributed by atoms with Gasteiger partial charge >= 0.3 is 0 Å². The van der Waals surface area contributed by atoms with E-state index in [0.29, 0.717) is 11.1 Å². The predicted molar refractivity (Wildman–Crippen MR) is 99.1 cm³/mol. The van der Waals surface area contributed by atoms with E-state index in [2.05, 4.69) is 25.8 Å². The summed E-state index contributed by atoms with van der Waals surface area (Å²) >= 11 is 0. The molecule has 0 saturated carbocycles. The lowest BCUT2D eigenvalue weighted by Gasteiger charge is -2.25. The fourth-order valence-corrected chi connectivity index (χ4v) is 3.97. The van der Waals surface area contributed by atoms with Gasteiger partial charge in [-0.15, -0.1) is 0 Å². The molecule has 26 heavy (non-hydrogen) atoms. The Labute approximate surface area is 153 Å². The fourth-order valence-electron chi connectivity index (χ4n) is 3.97. The topological polar surface area (TPSA) is 74.0 Å². The molecule has 0 radical (unpaired) electrons. The first kappa shape index (κ1) is 16.6. The van der Waals surface area contributed by atoms with E-state index in [1.165, 1.54) is 0 Å². The van der Waals surface area contributed by atoms with Crippen molar-refractivity contribution in [3.05, 3.63) is 47.0 Å². The van der Waals surface area contributed by atoms with Crippen LogP contribution in [0.1, 0.15) is 46.7 Å². The zero-order chi connectivity index (χ0) is 18.1. The van der Waals surface area contributed by atoms with Crippen LogP contribution >= 0.6 is 0 Å². The van der Waals surface area contributed by atoms with Crippen LogP contribution in [0.5, 0.6) is 0 Å². The van der Waals surface area contributed by atoms with Crippen molar-refractivity contribution in [3.8, 4) is 6.07 Å². The second-order valence-electron chi connectivity index (χ2n) is 7.20. The van der Waals surface area contributed by atoms with Crippen molar-refractivity contribution in [3.63, 3.8) is 0 Å². The summed E-state index contributed by atoms with van der Waals surface area (Å²) < 4.78 is 2.13. The van der Waals surface area contributed by atoms with Crippen molar-refractivity contribution < 1.29 is 4.79 Å². The van der Waals surface area contributed by atoms with Crippen molar-refractivity contribution >= 4 is 11.6 Å². The molecule has 1 saturated heterocycles. The number of fused-ring (bicyclic) bond motifs is 1. The molecule has 134 valence electrons. The highest BCUT2D eigenvalue weighted by Gasteiger charge is 2.23. The third-order valence-corrected chi connectivity index (χ3v) is 5.27. The third-order valence-electron chi connectivity index (χ3n) is 5.27. The number of rotatable bonds is 3. The molecule has 0 bridgehead atoms. The molecular weight excluding hydrogens is 326 g/mol. The molecule has 1 aromatic heterocycles. The Morgan fingerprint density at radius 1 is 1.35 bits per heavy atom. The van der Waals surface area contributed by atoms with Crippen molar-refractivity contribution in [2.24, 2.45) is 0 Å². The van der Waals surface area contributed by atoms with Gasteiger partial charge in [0.25, 0.3) is 5.91 Å². The number of aryl methyl sites for hydroxylation is 2. The fraction of sp³-hybridized carbons (Fsp3) is 0.450. The molecule has 6 heteroatoms. The first-order valence-corrected chi connectivity index (χ1v) is 9.26. The van der Waals surface area contributed by atoms with Gasteiger partial charge in [-0.1, -0.05) is 0 Å². The van der Waals surface area contributed by atoms with Gasteiger partial charge in [-0.2, -0.15) is 5.26 Å². The van der Waals surface area contributed by atoms with E-state index >= 15 is 0 Å². The Kier molecular flexibility index (Phi) is 4.37. The summed E-state index contributed by atoms with van der Waals surface area (Å²) in [5, 5.41) is 12.6. The number of hydrogen-bond acceptors (Lipinski definition) is 4. The zero-order valence-corrected chi connectivity index (χ0v) is 15.0.